The van der Waals surface area contributed by atoms with Gasteiger partial charge in [-0.15, -0.1) is 0 Å². The van der Waals surface area contributed by atoms with Gasteiger partial charge in [-0.05, 0) is 42.7 Å². The fourth-order valence-electron chi connectivity index (χ4n) is 2.65. The van der Waals surface area contributed by atoms with Crippen molar-refractivity contribution in [2.75, 3.05) is 26.5 Å². The molecule has 1 N–H and O–H groups in total. The Bertz CT molecular complexity index is 419. The van der Waals surface area contributed by atoms with Crippen molar-refractivity contribution in [2.24, 2.45) is 0 Å². The van der Waals surface area contributed by atoms with E-state index in [-0.39, 0.29) is 0 Å². The van der Waals surface area contributed by atoms with E-state index in [2.05, 4.69) is 36.1 Å². The van der Waals surface area contributed by atoms with E-state index in [1.807, 2.05) is 6.07 Å². The second-order valence-corrected chi connectivity index (χ2v) is 6.53. The highest BCUT2D eigenvalue weighted by molar-refractivity contribution is 8.00. The number of hydrogen-bond acceptors (Lipinski definition) is 4. The molecule has 0 aliphatic carbocycles. The molecule has 4 heteroatoms. The van der Waals surface area contributed by atoms with Gasteiger partial charge in [-0.2, -0.15) is 11.8 Å². The predicted octanol–water partition coefficient (Wildman–Crippen LogP) is 3.64. The third kappa shape index (κ3) is 3.83. The van der Waals surface area contributed by atoms with E-state index < -0.39 is 0 Å². The highest BCUT2D eigenvalue weighted by atomic mass is 32.2. The molecule has 0 bridgehead atoms. The van der Waals surface area contributed by atoms with Gasteiger partial charge >= 0.3 is 0 Å². The van der Waals surface area contributed by atoms with Crippen molar-refractivity contribution in [3.05, 3.63) is 23.8 Å². The number of ether oxygens (including phenoxy) is 2. The first-order valence-corrected chi connectivity index (χ1v) is 8.40. The van der Waals surface area contributed by atoms with E-state index in [0.717, 1.165) is 29.7 Å². The van der Waals surface area contributed by atoms with Gasteiger partial charge in [0, 0.05) is 17.8 Å². The highest BCUT2D eigenvalue weighted by Crippen LogP contribution is 2.31. The van der Waals surface area contributed by atoms with Gasteiger partial charge in [0.1, 0.15) is 0 Å². The first kappa shape index (κ1) is 15.5. The fraction of sp³-hybridized carbons (Fsp3) is 0.625. The Labute approximate surface area is 126 Å². The number of nitrogens with one attached hydrogen (secondary N) is 1. The van der Waals surface area contributed by atoms with Gasteiger partial charge in [-0.25, -0.2) is 0 Å². The molecule has 1 aliphatic rings. The van der Waals surface area contributed by atoms with Crippen LogP contribution in [0.3, 0.4) is 0 Å². The highest BCUT2D eigenvalue weighted by Gasteiger charge is 2.18. The normalized spacial score (nSPS) is 19.9. The summed E-state index contributed by atoms with van der Waals surface area (Å²) in [6.07, 6.45) is 3.79. The van der Waals surface area contributed by atoms with Crippen LogP contribution in [0.15, 0.2) is 18.2 Å². The Morgan fingerprint density at radius 2 is 2.10 bits per heavy atom. The number of benzene rings is 1. The second kappa shape index (κ2) is 7.79. The van der Waals surface area contributed by atoms with Crippen LogP contribution in [-0.4, -0.2) is 31.8 Å². The standard InChI is InChI=1S/C16H25NO2S/c1-4-14(17-11-13-6-5-9-20-13)12-7-8-15(18-2)16(10-12)19-3/h7-8,10,13-14,17H,4-6,9,11H2,1-3H3. The average molecular weight is 295 g/mol. The van der Waals surface area contributed by atoms with Crippen LogP contribution in [0, 0.1) is 0 Å². The van der Waals surface area contributed by atoms with Crippen LogP contribution >= 0.6 is 11.8 Å². The molecular formula is C16H25NO2S. The molecule has 1 heterocycles. The SMILES string of the molecule is CCC(NCC1CCCS1)c1ccc(OC)c(OC)c1. The van der Waals surface area contributed by atoms with E-state index in [1.54, 1.807) is 14.2 Å². The van der Waals surface area contributed by atoms with Crippen molar-refractivity contribution in [3.63, 3.8) is 0 Å². The summed E-state index contributed by atoms with van der Waals surface area (Å²) in [5.41, 5.74) is 1.27. The van der Waals surface area contributed by atoms with Crippen LogP contribution in [0.2, 0.25) is 0 Å². The topological polar surface area (TPSA) is 30.5 Å². The zero-order chi connectivity index (χ0) is 14.4. The van der Waals surface area contributed by atoms with Gasteiger partial charge in [0.05, 0.1) is 14.2 Å². The molecule has 2 rings (SSSR count). The van der Waals surface area contributed by atoms with Crippen LogP contribution in [0.4, 0.5) is 0 Å². The maximum Gasteiger partial charge on any atom is 0.161 e. The first-order chi connectivity index (χ1) is 9.78. The number of rotatable bonds is 7. The zero-order valence-corrected chi connectivity index (χ0v) is 13.5. The minimum absolute atomic E-state index is 0.385. The lowest BCUT2D eigenvalue weighted by molar-refractivity contribution is 0.353. The summed E-state index contributed by atoms with van der Waals surface area (Å²) in [7, 11) is 3.36. The molecule has 1 aromatic carbocycles. The maximum absolute atomic E-state index is 5.39. The third-order valence-electron chi connectivity index (χ3n) is 3.83. The lowest BCUT2D eigenvalue weighted by Gasteiger charge is -2.21. The third-order valence-corrected chi connectivity index (χ3v) is 5.23. The van der Waals surface area contributed by atoms with Crippen molar-refractivity contribution >= 4 is 11.8 Å². The molecule has 0 saturated carbocycles. The lowest BCUT2D eigenvalue weighted by Crippen LogP contribution is -2.27. The van der Waals surface area contributed by atoms with Gasteiger partial charge in [0.25, 0.3) is 0 Å². The molecule has 2 unspecified atom stereocenters. The average Bonchev–Trinajstić information content (AvgIpc) is 3.01. The van der Waals surface area contributed by atoms with Crippen molar-refractivity contribution in [2.45, 2.75) is 37.5 Å². The monoisotopic (exact) mass is 295 g/mol. The fourth-order valence-corrected chi connectivity index (χ4v) is 3.86. The molecule has 20 heavy (non-hydrogen) atoms. The van der Waals surface area contributed by atoms with Gasteiger partial charge in [-0.3, -0.25) is 0 Å². The Kier molecular flexibility index (Phi) is 6.05. The van der Waals surface area contributed by atoms with Crippen molar-refractivity contribution in [1.29, 1.82) is 0 Å². The maximum atomic E-state index is 5.39. The molecule has 0 aromatic heterocycles. The summed E-state index contributed by atoms with van der Waals surface area (Å²) in [4.78, 5) is 0. The predicted molar refractivity (Wildman–Crippen MR) is 86.1 cm³/mol. The van der Waals surface area contributed by atoms with E-state index in [0.29, 0.717) is 6.04 Å². The van der Waals surface area contributed by atoms with Gasteiger partial charge in [0.15, 0.2) is 11.5 Å². The van der Waals surface area contributed by atoms with Gasteiger partial charge in [0.2, 0.25) is 0 Å². The molecule has 2 atom stereocenters. The van der Waals surface area contributed by atoms with E-state index >= 15 is 0 Å². The summed E-state index contributed by atoms with van der Waals surface area (Å²) in [5.74, 6) is 2.91. The molecule has 0 radical (unpaired) electrons. The molecule has 1 aliphatic heterocycles. The van der Waals surface area contributed by atoms with E-state index in [9.17, 15) is 0 Å². The molecular weight excluding hydrogens is 270 g/mol. The second-order valence-electron chi connectivity index (χ2n) is 5.12. The largest absolute Gasteiger partial charge is 0.493 e. The quantitative estimate of drug-likeness (QED) is 0.832. The van der Waals surface area contributed by atoms with Crippen LogP contribution in [0.25, 0.3) is 0 Å². The van der Waals surface area contributed by atoms with Crippen molar-refractivity contribution < 1.29 is 9.47 Å². The van der Waals surface area contributed by atoms with Crippen LogP contribution in [-0.2, 0) is 0 Å². The zero-order valence-electron chi connectivity index (χ0n) is 12.6. The molecule has 0 spiro atoms. The summed E-state index contributed by atoms with van der Waals surface area (Å²) in [5, 5.41) is 4.48. The molecule has 1 fully saturated rings. The smallest absolute Gasteiger partial charge is 0.161 e. The first-order valence-electron chi connectivity index (χ1n) is 7.35. The van der Waals surface area contributed by atoms with Crippen molar-refractivity contribution in [1.82, 2.24) is 5.32 Å². The van der Waals surface area contributed by atoms with Gasteiger partial charge < -0.3 is 14.8 Å². The number of hydrogen-bond donors (Lipinski definition) is 1. The lowest BCUT2D eigenvalue weighted by atomic mass is 10.0. The Balaban J connectivity index is 2.02. The number of thioether (sulfide) groups is 1. The molecule has 1 saturated heterocycles. The molecule has 0 amide bonds. The minimum atomic E-state index is 0.385. The summed E-state index contributed by atoms with van der Waals surface area (Å²) < 4.78 is 10.7. The Morgan fingerprint density at radius 3 is 2.70 bits per heavy atom. The number of methoxy groups -OCH3 is 2. The van der Waals surface area contributed by atoms with E-state index in [4.69, 9.17) is 9.47 Å². The van der Waals surface area contributed by atoms with Crippen LogP contribution < -0.4 is 14.8 Å². The minimum Gasteiger partial charge on any atom is -0.493 e. The van der Waals surface area contributed by atoms with E-state index in [1.165, 1.54) is 24.2 Å². The van der Waals surface area contributed by atoms with Gasteiger partial charge in [-0.1, -0.05) is 13.0 Å². The summed E-state index contributed by atoms with van der Waals surface area (Å²) >= 11 is 2.10. The Morgan fingerprint density at radius 1 is 1.30 bits per heavy atom. The van der Waals surface area contributed by atoms with Crippen LogP contribution in [0.1, 0.15) is 37.8 Å². The summed E-state index contributed by atoms with van der Waals surface area (Å²) in [6.45, 7) is 3.31. The van der Waals surface area contributed by atoms with Crippen molar-refractivity contribution in [3.8, 4) is 11.5 Å². The molecule has 1 aromatic rings. The van der Waals surface area contributed by atoms with Crippen LogP contribution in [0.5, 0.6) is 11.5 Å². The molecule has 3 nitrogen and oxygen atoms in total. The molecule has 112 valence electrons. The summed E-state index contributed by atoms with van der Waals surface area (Å²) in [6, 6.07) is 6.59. The Hall–Kier alpha value is -0.870.